The molecule has 0 spiro atoms. The van der Waals surface area contributed by atoms with Crippen molar-refractivity contribution in [3.8, 4) is 5.75 Å². The highest BCUT2D eigenvalue weighted by Crippen LogP contribution is 2.35. The van der Waals surface area contributed by atoms with Gasteiger partial charge in [-0.25, -0.2) is 0 Å². The van der Waals surface area contributed by atoms with Crippen LogP contribution in [0.25, 0.3) is 0 Å². The van der Waals surface area contributed by atoms with E-state index in [9.17, 15) is 24.9 Å². The van der Waals surface area contributed by atoms with Gasteiger partial charge in [0.25, 0.3) is 5.91 Å². The first-order valence-electron chi connectivity index (χ1n) is 8.31. The number of likely N-dealkylation sites (tertiary alicyclic amines) is 1. The lowest BCUT2D eigenvalue weighted by Gasteiger charge is -2.43. The summed E-state index contributed by atoms with van der Waals surface area (Å²) < 4.78 is 0. The highest BCUT2D eigenvalue weighted by Gasteiger charge is 2.50. The summed E-state index contributed by atoms with van der Waals surface area (Å²) in [6.45, 7) is 0.117. The first kappa shape index (κ1) is 17.9. The Kier molecular flexibility index (Phi) is 4.90. The number of carbonyl (C=O) groups is 2. The van der Waals surface area contributed by atoms with Crippen molar-refractivity contribution < 1.29 is 24.9 Å². The number of nitrogens with zero attached hydrogens (tertiary/aromatic N) is 2. The Morgan fingerprint density at radius 1 is 1.23 bits per heavy atom. The number of aliphatic hydroxyl groups excluding tert-OH is 1. The predicted octanol–water partition coefficient (Wildman–Crippen LogP) is 1.31. The summed E-state index contributed by atoms with van der Waals surface area (Å²) in [5, 5.41) is 29.9. The molecule has 0 radical (unpaired) electrons. The van der Waals surface area contributed by atoms with Gasteiger partial charge in [0.2, 0.25) is 0 Å². The molecule has 3 N–H and O–H groups in total. The molecule has 0 bridgehead atoms. The Morgan fingerprint density at radius 3 is 2.62 bits per heavy atom. The number of piperidine rings is 1. The number of carboxylic acids is 1. The Labute approximate surface area is 150 Å². The van der Waals surface area contributed by atoms with Crippen LogP contribution in [0.15, 0.2) is 48.8 Å². The summed E-state index contributed by atoms with van der Waals surface area (Å²) in [5.74, 6) is -1.69. The zero-order chi connectivity index (χ0) is 18.7. The minimum atomic E-state index is -1.49. The van der Waals surface area contributed by atoms with E-state index in [0.717, 1.165) is 5.56 Å². The number of pyridine rings is 1. The lowest BCUT2D eigenvalue weighted by molar-refractivity contribution is -0.161. The fourth-order valence-corrected chi connectivity index (χ4v) is 3.40. The number of rotatable bonds is 4. The molecule has 0 saturated carbocycles. The lowest BCUT2D eigenvalue weighted by Crippen LogP contribution is -2.58. The van der Waals surface area contributed by atoms with Crippen LogP contribution in [0.2, 0.25) is 0 Å². The third-order valence-electron chi connectivity index (χ3n) is 4.83. The van der Waals surface area contributed by atoms with E-state index in [4.69, 9.17) is 0 Å². The van der Waals surface area contributed by atoms with E-state index in [2.05, 4.69) is 4.98 Å². The number of aromatic nitrogens is 1. The number of aromatic hydroxyl groups is 1. The van der Waals surface area contributed by atoms with Gasteiger partial charge < -0.3 is 20.2 Å². The second kappa shape index (κ2) is 7.13. The number of carbonyl (C=O) groups excluding carboxylic acids is 1. The Bertz CT molecular complexity index is 811. The van der Waals surface area contributed by atoms with Gasteiger partial charge in [-0.2, -0.15) is 0 Å². The number of aliphatic hydroxyl groups is 1. The zero-order valence-corrected chi connectivity index (χ0v) is 14.1. The van der Waals surface area contributed by atoms with Gasteiger partial charge in [0.1, 0.15) is 11.2 Å². The molecular weight excluding hydrogens is 336 g/mol. The number of carboxylic acid groups (broad SMARTS) is 1. The normalized spacial score (nSPS) is 22.8. The van der Waals surface area contributed by atoms with Gasteiger partial charge in [-0.1, -0.05) is 30.3 Å². The molecule has 136 valence electrons. The van der Waals surface area contributed by atoms with E-state index in [1.807, 2.05) is 6.07 Å². The second-order valence-corrected chi connectivity index (χ2v) is 6.59. The van der Waals surface area contributed by atoms with Crippen molar-refractivity contribution in [3.05, 3.63) is 59.9 Å². The van der Waals surface area contributed by atoms with E-state index in [1.165, 1.54) is 23.4 Å². The quantitative estimate of drug-likeness (QED) is 0.762. The summed E-state index contributed by atoms with van der Waals surface area (Å²) in [4.78, 5) is 30.0. The Morgan fingerprint density at radius 2 is 1.96 bits per heavy atom. The molecule has 3 rings (SSSR count). The molecule has 1 aliphatic rings. The van der Waals surface area contributed by atoms with E-state index in [-0.39, 0.29) is 37.2 Å². The first-order valence-corrected chi connectivity index (χ1v) is 8.31. The van der Waals surface area contributed by atoms with Crippen LogP contribution in [0.3, 0.4) is 0 Å². The molecule has 1 aromatic heterocycles. The average Bonchev–Trinajstić information content (AvgIpc) is 2.63. The van der Waals surface area contributed by atoms with Crippen LogP contribution in [-0.2, 0) is 11.2 Å². The molecule has 2 heterocycles. The van der Waals surface area contributed by atoms with Crippen molar-refractivity contribution in [3.63, 3.8) is 0 Å². The Hall–Kier alpha value is -2.93. The summed E-state index contributed by atoms with van der Waals surface area (Å²) >= 11 is 0. The minimum Gasteiger partial charge on any atom is -0.506 e. The van der Waals surface area contributed by atoms with E-state index >= 15 is 0 Å². The average molecular weight is 356 g/mol. The highest BCUT2D eigenvalue weighted by atomic mass is 16.4. The first-order chi connectivity index (χ1) is 12.4. The maximum absolute atomic E-state index is 12.7. The number of amides is 1. The smallest absolute Gasteiger partial charge is 0.314 e. The molecule has 2 atom stereocenters. The van der Waals surface area contributed by atoms with Crippen molar-refractivity contribution in [2.24, 2.45) is 5.41 Å². The molecule has 26 heavy (non-hydrogen) atoms. The molecular formula is C19H20N2O5. The molecule has 1 saturated heterocycles. The van der Waals surface area contributed by atoms with Crippen molar-refractivity contribution in [2.75, 3.05) is 13.1 Å². The molecule has 7 nitrogen and oxygen atoms in total. The minimum absolute atomic E-state index is 0.117. The largest absolute Gasteiger partial charge is 0.506 e. The van der Waals surface area contributed by atoms with Crippen molar-refractivity contribution >= 4 is 11.9 Å². The van der Waals surface area contributed by atoms with Crippen LogP contribution >= 0.6 is 0 Å². The van der Waals surface area contributed by atoms with Gasteiger partial charge in [0.05, 0.1) is 17.9 Å². The summed E-state index contributed by atoms with van der Waals surface area (Å²) in [5.41, 5.74) is -0.526. The summed E-state index contributed by atoms with van der Waals surface area (Å²) in [6.07, 6.45) is 1.76. The van der Waals surface area contributed by atoms with Crippen molar-refractivity contribution in [1.82, 2.24) is 9.88 Å². The third-order valence-corrected chi connectivity index (χ3v) is 4.83. The maximum Gasteiger partial charge on any atom is 0.314 e. The van der Waals surface area contributed by atoms with E-state index in [1.54, 1.807) is 24.3 Å². The monoisotopic (exact) mass is 356 g/mol. The van der Waals surface area contributed by atoms with Crippen molar-refractivity contribution in [1.29, 1.82) is 0 Å². The number of benzene rings is 1. The number of hydrogen-bond acceptors (Lipinski definition) is 5. The molecule has 1 amide bonds. The van der Waals surface area contributed by atoms with Gasteiger partial charge in [-0.15, -0.1) is 0 Å². The van der Waals surface area contributed by atoms with Gasteiger partial charge in [-0.05, 0) is 24.5 Å². The molecule has 1 fully saturated rings. The lowest BCUT2D eigenvalue weighted by atomic mass is 9.72. The number of aliphatic carboxylic acids is 1. The molecule has 2 aromatic rings. The van der Waals surface area contributed by atoms with Crippen LogP contribution in [0.4, 0.5) is 0 Å². The van der Waals surface area contributed by atoms with E-state index in [0.29, 0.717) is 0 Å². The molecule has 0 unspecified atom stereocenters. The van der Waals surface area contributed by atoms with Gasteiger partial charge in [-0.3, -0.25) is 14.6 Å². The Balaban J connectivity index is 1.89. The van der Waals surface area contributed by atoms with E-state index < -0.39 is 23.4 Å². The van der Waals surface area contributed by atoms with Crippen LogP contribution in [0, 0.1) is 5.41 Å². The van der Waals surface area contributed by atoms with Crippen LogP contribution < -0.4 is 0 Å². The van der Waals surface area contributed by atoms with Crippen LogP contribution in [0.5, 0.6) is 5.75 Å². The predicted molar refractivity (Wildman–Crippen MR) is 92.6 cm³/mol. The fourth-order valence-electron chi connectivity index (χ4n) is 3.40. The fraction of sp³-hybridized carbons (Fsp3) is 0.316. The van der Waals surface area contributed by atoms with Crippen LogP contribution in [-0.4, -0.2) is 56.3 Å². The maximum atomic E-state index is 12.7. The SMILES string of the molecule is O=C(c1cncc(O)c1)N1CC[C@@H](O)[C@](Cc2ccccc2)(C(=O)O)C1. The topological polar surface area (TPSA) is 111 Å². The van der Waals surface area contributed by atoms with Crippen LogP contribution in [0.1, 0.15) is 22.3 Å². The van der Waals surface area contributed by atoms with Gasteiger partial charge >= 0.3 is 5.97 Å². The molecule has 1 aliphatic heterocycles. The molecule has 7 heteroatoms. The standard InChI is InChI=1S/C19H20N2O5/c22-15-8-14(10-20-11-15)17(24)21-7-6-16(23)19(12-21,18(25)26)9-13-4-2-1-3-5-13/h1-5,8,10-11,16,22-23H,6-7,9,12H2,(H,25,26)/t16-,19-/m1/s1. The van der Waals surface area contributed by atoms with Crippen molar-refractivity contribution in [2.45, 2.75) is 18.9 Å². The third kappa shape index (κ3) is 3.39. The van der Waals surface area contributed by atoms with Gasteiger partial charge in [0.15, 0.2) is 0 Å². The summed E-state index contributed by atoms with van der Waals surface area (Å²) in [7, 11) is 0. The second-order valence-electron chi connectivity index (χ2n) is 6.59. The number of hydrogen-bond donors (Lipinski definition) is 3. The molecule has 1 aromatic carbocycles. The van der Waals surface area contributed by atoms with Gasteiger partial charge in [0, 0.05) is 19.3 Å². The summed E-state index contributed by atoms with van der Waals surface area (Å²) in [6, 6.07) is 10.3. The zero-order valence-electron chi connectivity index (χ0n) is 14.1. The highest BCUT2D eigenvalue weighted by molar-refractivity contribution is 5.95. The molecule has 0 aliphatic carbocycles.